The van der Waals surface area contributed by atoms with E-state index < -0.39 is 0 Å². The lowest BCUT2D eigenvalue weighted by Crippen LogP contribution is -2.36. The third-order valence-corrected chi connectivity index (χ3v) is 4.60. The zero-order valence-corrected chi connectivity index (χ0v) is 11.3. The topological polar surface area (TPSA) is 55.1 Å². The SMILES string of the molecule is NC1CCCC1CNC(=O)c1ccc2c(c1)CCC2. The largest absolute Gasteiger partial charge is 0.352 e. The van der Waals surface area contributed by atoms with Crippen LogP contribution in [-0.4, -0.2) is 18.5 Å². The van der Waals surface area contributed by atoms with Crippen molar-refractivity contribution in [2.75, 3.05) is 6.54 Å². The van der Waals surface area contributed by atoms with Gasteiger partial charge in [-0.25, -0.2) is 0 Å². The molecule has 102 valence electrons. The Morgan fingerprint density at radius 3 is 2.84 bits per heavy atom. The molecule has 1 amide bonds. The molecule has 3 heteroatoms. The van der Waals surface area contributed by atoms with E-state index in [2.05, 4.69) is 17.4 Å². The van der Waals surface area contributed by atoms with Crippen LogP contribution >= 0.6 is 0 Å². The number of benzene rings is 1. The number of hydrogen-bond acceptors (Lipinski definition) is 2. The predicted molar refractivity (Wildman–Crippen MR) is 76.1 cm³/mol. The third kappa shape index (κ3) is 2.66. The Balaban J connectivity index is 1.61. The van der Waals surface area contributed by atoms with Gasteiger partial charge in [0, 0.05) is 18.2 Å². The summed E-state index contributed by atoms with van der Waals surface area (Å²) in [7, 11) is 0. The first-order valence-electron chi connectivity index (χ1n) is 7.39. The number of hydrogen-bond donors (Lipinski definition) is 2. The third-order valence-electron chi connectivity index (χ3n) is 4.60. The van der Waals surface area contributed by atoms with Crippen LogP contribution in [0.25, 0.3) is 0 Å². The molecule has 2 aliphatic carbocycles. The summed E-state index contributed by atoms with van der Waals surface area (Å²) in [6, 6.07) is 6.39. The molecule has 3 N–H and O–H groups in total. The Kier molecular flexibility index (Phi) is 3.56. The summed E-state index contributed by atoms with van der Waals surface area (Å²) in [6.45, 7) is 0.719. The minimum absolute atomic E-state index is 0.0498. The maximum Gasteiger partial charge on any atom is 0.251 e. The van der Waals surface area contributed by atoms with Gasteiger partial charge in [-0.1, -0.05) is 12.5 Å². The molecule has 2 atom stereocenters. The van der Waals surface area contributed by atoms with E-state index in [0.717, 1.165) is 37.8 Å². The zero-order valence-electron chi connectivity index (χ0n) is 11.3. The zero-order chi connectivity index (χ0) is 13.2. The van der Waals surface area contributed by atoms with Crippen LogP contribution in [0.15, 0.2) is 18.2 Å². The van der Waals surface area contributed by atoms with Gasteiger partial charge in [0.2, 0.25) is 0 Å². The molecule has 1 aromatic rings. The number of amides is 1. The van der Waals surface area contributed by atoms with E-state index >= 15 is 0 Å². The summed E-state index contributed by atoms with van der Waals surface area (Å²) in [5, 5.41) is 3.04. The summed E-state index contributed by atoms with van der Waals surface area (Å²) in [6.07, 6.45) is 6.93. The van der Waals surface area contributed by atoms with Crippen molar-refractivity contribution in [3.05, 3.63) is 34.9 Å². The molecule has 0 spiro atoms. The summed E-state index contributed by atoms with van der Waals surface area (Å²) in [5.74, 6) is 0.507. The second-order valence-corrected chi connectivity index (χ2v) is 5.90. The van der Waals surface area contributed by atoms with E-state index in [4.69, 9.17) is 5.73 Å². The van der Waals surface area contributed by atoms with Gasteiger partial charge in [-0.3, -0.25) is 4.79 Å². The van der Waals surface area contributed by atoms with Gasteiger partial charge in [-0.15, -0.1) is 0 Å². The van der Waals surface area contributed by atoms with E-state index in [9.17, 15) is 4.79 Å². The van der Waals surface area contributed by atoms with Crippen LogP contribution in [0.5, 0.6) is 0 Å². The number of aryl methyl sites for hydroxylation is 2. The summed E-state index contributed by atoms with van der Waals surface area (Å²) in [4.78, 5) is 12.2. The summed E-state index contributed by atoms with van der Waals surface area (Å²) >= 11 is 0. The first kappa shape index (κ1) is 12.7. The van der Waals surface area contributed by atoms with Gasteiger partial charge in [-0.05, 0) is 61.3 Å². The fourth-order valence-corrected chi connectivity index (χ4v) is 3.36. The number of nitrogens with two attached hydrogens (primary N) is 1. The Morgan fingerprint density at radius 2 is 2.05 bits per heavy atom. The number of carbonyl (C=O) groups is 1. The van der Waals surface area contributed by atoms with E-state index in [1.54, 1.807) is 0 Å². The average Bonchev–Trinajstić information content (AvgIpc) is 3.03. The molecule has 19 heavy (non-hydrogen) atoms. The minimum atomic E-state index is 0.0498. The van der Waals surface area contributed by atoms with Crippen LogP contribution in [0.4, 0.5) is 0 Å². The van der Waals surface area contributed by atoms with E-state index in [1.165, 1.54) is 24.0 Å². The maximum absolute atomic E-state index is 12.2. The monoisotopic (exact) mass is 258 g/mol. The fourth-order valence-electron chi connectivity index (χ4n) is 3.36. The molecule has 0 saturated heterocycles. The molecular weight excluding hydrogens is 236 g/mol. The molecule has 1 aromatic carbocycles. The maximum atomic E-state index is 12.2. The number of fused-ring (bicyclic) bond motifs is 1. The van der Waals surface area contributed by atoms with Gasteiger partial charge < -0.3 is 11.1 Å². The van der Waals surface area contributed by atoms with Crippen LogP contribution < -0.4 is 11.1 Å². The Hall–Kier alpha value is -1.35. The van der Waals surface area contributed by atoms with Gasteiger partial charge in [0.05, 0.1) is 0 Å². The molecule has 0 aromatic heterocycles. The van der Waals surface area contributed by atoms with Crippen LogP contribution in [-0.2, 0) is 12.8 Å². The number of carbonyl (C=O) groups excluding carboxylic acids is 1. The van der Waals surface area contributed by atoms with E-state index in [0.29, 0.717) is 5.92 Å². The lowest BCUT2D eigenvalue weighted by atomic mass is 10.0. The fraction of sp³-hybridized carbons (Fsp3) is 0.562. The van der Waals surface area contributed by atoms with E-state index in [-0.39, 0.29) is 11.9 Å². The van der Waals surface area contributed by atoms with Crippen molar-refractivity contribution in [3.63, 3.8) is 0 Å². The molecule has 3 rings (SSSR count). The highest BCUT2D eigenvalue weighted by molar-refractivity contribution is 5.94. The summed E-state index contributed by atoms with van der Waals surface area (Å²) in [5.41, 5.74) is 9.59. The number of nitrogens with one attached hydrogen (secondary N) is 1. The lowest BCUT2D eigenvalue weighted by Gasteiger charge is -2.16. The van der Waals surface area contributed by atoms with Crippen molar-refractivity contribution in [1.82, 2.24) is 5.32 Å². The van der Waals surface area contributed by atoms with Gasteiger partial charge >= 0.3 is 0 Å². The molecule has 0 aliphatic heterocycles. The highest BCUT2D eigenvalue weighted by Crippen LogP contribution is 2.24. The smallest absolute Gasteiger partial charge is 0.251 e. The van der Waals surface area contributed by atoms with Crippen molar-refractivity contribution in [1.29, 1.82) is 0 Å². The molecule has 1 saturated carbocycles. The van der Waals surface area contributed by atoms with Gasteiger partial charge in [0.1, 0.15) is 0 Å². The highest BCUT2D eigenvalue weighted by atomic mass is 16.1. The van der Waals surface area contributed by atoms with E-state index in [1.807, 2.05) is 6.07 Å². The Labute approximate surface area is 114 Å². The van der Waals surface area contributed by atoms with Gasteiger partial charge in [0.25, 0.3) is 5.91 Å². The number of rotatable bonds is 3. The van der Waals surface area contributed by atoms with Crippen LogP contribution in [0.1, 0.15) is 47.2 Å². The average molecular weight is 258 g/mol. The molecule has 0 heterocycles. The van der Waals surface area contributed by atoms with Crippen molar-refractivity contribution in [3.8, 4) is 0 Å². The Morgan fingerprint density at radius 1 is 1.21 bits per heavy atom. The van der Waals surface area contributed by atoms with Crippen molar-refractivity contribution < 1.29 is 4.79 Å². The lowest BCUT2D eigenvalue weighted by molar-refractivity contribution is 0.0946. The molecule has 3 nitrogen and oxygen atoms in total. The van der Waals surface area contributed by atoms with Gasteiger partial charge in [0.15, 0.2) is 0 Å². The van der Waals surface area contributed by atoms with Crippen LogP contribution in [0.3, 0.4) is 0 Å². The predicted octanol–water partition coefficient (Wildman–Crippen LogP) is 2.03. The second-order valence-electron chi connectivity index (χ2n) is 5.90. The van der Waals surface area contributed by atoms with Crippen LogP contribution in [0.2, 0.25) is 0 Å². The molecule has 0 radical (unpaired) electrons. The normalized spacial score (nSPS) is 25.3. The standard InChI is InChI=1S/C16H22N2O/c17-15-6-2-5-14(15)10-18-16(19)13-8-7-11-3-1-4-12(11)9-13/h7-9,14-15H,1-6,10,17H2,(H,18,19). The molecule has 2 aliphatic rings. The van der Waals surface area contributed by atoms with Crippen molar-refractivity contribution >= 4 is 5.91 Å². The molecule has 0 bridgehead atoms. The highest BCUT2D eigenvalue weighted by Gasteiger charge is 2.24. The molecule has 2 unspecified atom stereocenters. The first-order valence-corrected chi connectivity index (χ1v) is 7.39. The van der Waals surface area contributed by atoms with Crippen molar-refractivity contribution in [2.45, 2.75) is 44.6 Å². The minimum Gasteiger partial charge on any atom is -0.352 e. The van der Waals surface area contributed by atoms with Gasteiger partial charge in [-0.2, -0.15) is 0 Å². The second kappa shape index (κ2) is 5.33. The Bertz CT molecular complexity index is 484. The quantitative estimate of drug-likeness (QED) is 0.871. The first-order chi connectivity index (χ1) is 9.24. The van der Waals surface area contributed by atoms with Crippen molar-refractivity contribution in [2.24, 2.45) is 11.7 Å². The summed E-state index contributed by atoms with van der Waals surface area (Å²) < 4.78 is 0. The van der Waals surface area contributed by atoms with Crippen LogP contribution in [0, 0.1) is 5.92 Å². The molecular formula is C16H22N2O. The molecule has 1 fully saturated rings.